The van der Waals surface area contributed by atoms with Crippen molar-refractivity contribution in [3.8, 4) is 5.75 Å². The second kappa shape index (κ2) is 4.14. The lowest BCUT2D eigenvalue weighted by molar-refractivity contribution is -0.141. The Kier molecular flexibility index (Phi) is 3.14. The van der Waals surface area contributed by atoms with Gasteiger partial charge in [-0.15, -0.1) is 0 Å². The molecule has 0 spiro atoms. The molecule has 0 aromatic heterocycles. The molecule has 0 bridgehead atoms. The SMILES string of the molecule is Cc1ccc(OC(Cl)C(=O)O)cc1. The number of ether oxygens (including phenoxy) is 1. The molecular weight excluding hydrogens is 192 g/mol. The second-order valence-corrected chi connectivity index (χ2v) is 2.98. The van der Waals surface area contributed by atoms with Crippen LogP contribution >= 0.6 is 11.6 Å². The van der Waals surface area contributed by atoms with Gasteiger partial charge in [0, 0.05) is 0 Å². The third-order valence-corrected chi connectivity index (χ3v) is 1.73. The summed E-state index contributed by atoms with van der Waals surface area (Å²) in [6.07, 6.45) is 0. The van der Waals surface area contributed by atoms with Crippen LogP contribution in [0.5, 0.6) is 5.75 Å². The van der Waals surface area contributed by atoms with E-state index >= 15 is 0 Å². The Bertz CT molecular complexity index is 294. The van der Waals surface area contributed by atoms with Crippen LogP contribution in [0.4, 0.5) is 0 Å². The highest BCUT2D eigenvalue weighted by molar-refractivity contribution is 6.28. The summed E-state index contributed by atoms with van der Waals surface area (Å²) in [7, 11) is 0. The van der Waals surface area contributed by atoms with E-state index in [0.717, 1.165) is 5.56 Å². The molecule has 0 amide bonds. The number of carboxylic acid groups (broad SMARTS) is 1. The van der Waals surface area contributed by atoms with Crippen LogP contribution < -0.4 is 4.74 Å². The molecule has 0 fully saturated rings. The van der Waals surface area contributed by atoms with Crippen LogP contribution in [0.15, 0.2) is 24.3 Å². The van der Waals surface area contributed by atoms with E-state index in [1.54, 1.807) is 12.1 Å². The smallest absolute Gasteiger partial charge is 0.360 e. The van der Waals surface area contributed by atoms with E-state index in [9.17, 15) is 4.79 Å². The summed E-state index contributed by atoms with van der Waals surface area (Å²) in [5.74, 6) is -0.741. The largest absolute Gasteiger partial charge is 0.478 e. The summed E-state index contributed by atoms with van der Waals surface area (Å²) >= 11 is 5.37. The molecule has 70 valence electrons. The summed E-state index contributed by atoms with van der Waals surface area (Å²) in [5, 5.41) is 8.44. The van der Waals surface area contributed by atoms with Crippen molar-refractivity contribution in [1.29, 1.82) is 0 Å². The van der Waals surface area contributed by atoms with Gasteiger partial charge in [-0.1, -0.05) is 29.3 Å². The van der Waals surface area contributed by atoms with Gasteiger partial charge >= 0.3 is 5.97 Å². The molecule has 1 aromatic carbocycles. The lowest BCUT2D eigenvalue weighted by Crippen LogP contribution is -2.20. The molecule has 1 N–H and O–H groups in total. The van der Waals surface area contributed by atoms with E-state index in [0.29, 0.717) is 5.75 Å². The monoisotopic (exact) mass is 200 g/mol. The Morgan fingerprint density at radius 2 is 2.00 bits per heavy atom. The Hall–Kier alpha value is -1.22. The van der Waals surface area contributed by atoms with E-state index in [2.05, 4.69) is 0 Å². The van der Waals surface area contributed by atoms with E-state index in [1.165, 1.54) is 0 Å². The fourth-order valence-corrected chi connectivity index (χ4v) is 0.890. The Morgan fingerprint density at radius 1 is 1.46 bits per heavy atom. The number of aryl methyl sites for hydroxylation is 1. The number of benzene rings is 1. The molecule has 4 heteroatoms. The average Bonchev–Trinajstić information content (AvgIpc) is 2.08. The van der Waals surface area contributed by atoms with Gasteiger partial charge in [0.05, 0.1) is 0 Å². The lowest BCUT2D eigenvalue weighted by Gasteiger charge is -2.07. The van der Waals surface area contributed by atoms with Crippen molar-refractivity contribution in [1.82, 2.24) is 0 Å². The first-order valence-electron chi connectivity index (χ1n) is 3.70. The Labute approximate surface area is 80.9 Å². The molecular formula is C9H9ClO3. The highest BCUT2D eigenvalue weighted by Gasteiger charge is 2.14. The summed E-state index contributed by atoms with van der Waals surface area (Å²) in [6, 6.07) is 6.99. The van der Waals surface area contributed by atoms with Crippen molar-refractivity contribution in [2.24, 2.45) is 0 Å². The second-order valence-electron chi connectivity index (χ2n) is 2.59. The lowest BCUT2D eigenvalue weighted by atomic mass is 10.2. The van der Waals surface area contributed by atoms with Crippen molar-refractivity contribution in [3.05, 3.63) is 29.8 Å². The molecule has 1 atom stereocenters. The number of rotatable bonds is 3. The molecule has 1 rings (SSSR count). The summed E-state index contributed by atoms with van der Waals surface area (Å²) in [5.41, 5.74) is -0.253. The molecule has 0 aliphatic carbocycles. The number of carbonyl (C=O) groups is 1. The van der Waals surface area contributed by atoms with Crippen LogP contribution in [0.3, 0.4) is 0 Å². The summed E-state index contributed by atoms with van der Waals surface area (Å²) in [6.45, 7) is 1.93. The summed E-state index contributed by atoms with van der Waals surface area (Å²) < 4.78 is 4.90. The van der Waals surface area contributed by atoms with Gasteiger partial charge < -0.3 is 9.84 Å². The van der Waals surface area contributed by atoms with Gasteiger partial charge in [0.1, 0.15) is 5.75 Å². The van der Waals surface area contributed by atoms with Crippen molar-refractivity contribution >= 4 is 17.6 Å². The van der Waals surface area contributed by atoms with Crippen LogP contribution in [-0.2, 0) is 4.79 Å². The minimum absolute atomic E-state index is 0.452. The zero-order valence-corrected chi connectivity index (χ0v) is 7.78. The highest BCUT2D eigenvalue weighted by Crippen LogP contribution is 2.14. The van der Waals surface area contributed by atoms with Gasteiger partial charge in [-0.3, -0.25) is 0 Å². The van der Waals surface area contributed by atoms with Gasteiger partial charge in [-0.2, -0.15) is 0 Å². The Morgan fingerprint density at radius 3 is 2.46 bits per heavy atom. The van der Waals surface area contributed by atoms with Crippen molar-refractivity contribution in [2.45, 2.75) is 12.5 Å². The predicted molar refractivity (Wildman–Crippen MR) is 49.1 cm³/mol. The number of halogens is 1. The Balaban J connectivity index is 2.64. The maximum absolute atomic E-state index is 10.3. The van der Waals surface area contributed by atoms with E-state index < -0.39 is 11.5 Å². The number of hydrogen-bond donors (Lipinski definition) is 1. The maximum atomic E-state index is 10.3. The molecule has 0 radical (unpaired) electrons. The number of aliphatic carboxylic acids is 1. The molecule has 3 nitrogen and oxygen atoms in total. The first-order valence-corrected chi connectivity index (χ1v) is 4.13. The summed E-state index contributed by atoms with van der Waals surface area (Å²) in [4.78, 5) is 10.3. The van der Waals surface area contributed by atoms with Gasteiger partial charge in [-0.05, 0) is 19.1 Å². The zero-order valence-electron chi connectivity index (χ0n) is 7.03. The molecule has 0 aliphatic heterocycles. The quantitative estimate of drug-likeness (QED) is 0.760. The fourth-order valence-electron chi connectivity index (χ4n) is 0.787. The van der Waals surface area contributed by atoms with E-state index in [1.807, 2.05) is 19.1 Å². The number of carboxylic acids is 1. The molecule has 13 heavy (non-hydrogen) atoms. The van der Waals surface area contributed by atoms with Crippen LogP contribution in [0.2, 0.25) is 0 Å². The molecule has 1 unspecified atom stereocenters. The van der Waals surface area contributed by atoms with Crippen LogP contribution in [0, 0.1) is 6.92 Å². The van der Waals surface area contributed by atoms with Gasteiger partial charge in [0.2, 0.25) is 0 Å². The van der Waals surface area contributed by atoms with Crippen molar-refractivity contribution < 1.29 is 14.6 Å². The number of hydrogen-bond acceptors (Lipinski definition) is 2. The van der Waals surface area contributed by atoms with E-state index in [4.69, 9.17) is 21.4 Å². The van der Waals surface area contributed by atoms with Crippen LogP contribution in [0.25, 0.3) is 0 Å². The minimum atomic E-state index is -1.33. The third kappa shape index (κ3) is 2.95. The van der Waals surface area contributed by atoms with Gasteiger partial charge in [-0.25, -0.2) is 4.79 Å². The van der Waals surface area contributed by atoms with Crippen LogP contribution in [0.1, 0.15) is 5.56 Å². The van der Waals surface area contributed by atoms with E-state index in [-0.39, 0.29) is 0 Å². The highest BCUT2D eigenvalue weighted by atomic mass is 35.5. The average molecular weight is 201 g/mol. The van der Waals surface area contributed by atoms with Crippen molar-refractivity contribution in [3.63, 3.8) is 0 Å². The van der Waals surface area contributed by atoms with Crippen molar-refractivity contribution in [2.75, 3.05) is 0 Å². The minimum Gasteiger partial charge on any atom is -0.478 e. The van der Waals surface area contributed by atoms with Gasteiger partial charge in [0.15, 0.2) is 0 Å². The molecule has 0 heterocycles. The normalized spacial score (nSPS) is 12.2. The number of alkyl halides is 1. The topological polar surface area (TPSA) is 46.5 Å². The fraction of sp³-hybridized carbons (Fsp3) is 0.222. The molecule has 0 saturated heterocycles. The standard InChI is InChI=1S/C9H9ClO3/c1-6-2-4-7(5-3-6)13-8(10)9(11)12/h2-5,8H,1H3,(H,11,12). The molecule has 1 aromatic rings. The van der Waals surface area contributed by atoms with Gasteiger partial charge in [0.25, 0.3) is 5.56 Å². The first kappa shape index (κ1) is 9.86. The maximum Gasteiger partial charge on any atom is 0.360 e. The zero-order chi connectivity index (χ0) is 9.84. The molecule has 0 aliphatic rings. The van der Waals surface area contributed by atoms with Crippen LogP contribution in [-0.4, -0.2) is 16.6 Å². The molecule has 0 saturated carbocycles. The first-order chi connectivity index (χ1) is 6.09. The third-order valence-electron chi connectivity index (χ3n) is 1.45. The predicted octanol–water partition coefficient (Wildman–Crippen LogP) is 2.02.